The average Bonchev–Trinajstić information content (AvgIpc) is 2.44. The quantitative estimate of drug-likeness (QED) is 0.851. The molecule has 112 valence electrons. The third kappa shape index (κ3) is 2.81. The molecule has 5 nitrogen and oxygen atoms in total. The van der Waals surface area contributed by atoms with Crippen LogP contribution in [0.3, 0.4) is 0 Å². The number of ether oxygens (including phenoxy) is 2. The number of hydrogen-bond donors (Lipinski definition) is 0. The number of hydrogen-bond acceptors (Lipinski definition) is 4. The summed E-state index contributed by atoms with van der Waals surface area (Å²) in [7, 11) is 2.88. The van der Waals surface area contributed by atoms with E-state index >= 15 is 0 Å². The lowest BCUT2D eigenvalue weighted by molar-refractivity contribution is 0.394. The molecule has 0 saturated carbocycles. The molecule has 21 heavy (non-hydrogen) atoms. The van der Waals surface area contributed by atoms with Crippen molar-refractivity contribution in [2.24, 2.45) is 0 Å². The van der Waals surface area contributed by atoms with Crippen LogP contribution < -0.4 is 15.0 Å². The number of methoxy groups -OCH3 is 2. The number of benzene rings is 1. The zero-order valence-corrected chi connectivity index (χ0v) is 13.7. The Kier molecular flexibility index (Phi) is 4.66. The number of halogens is 3. The summed E-state index contributed by atoms with van der Waals surface area (Å²) in [4.78, 5) is 12.3. The minimum absolute atomic E-state index is 0.138. The van der Waals surface area contributed by atoms with Crippen LogP contribution in [0.5, 0.6) is 11.5 Å². The molecule has 0 unspecified atom stereocenters. The Labute approximate surface area is 135 Å². The van der Waals surface area contributed by atoms with Crippen LogP contribution in [0.15, 0.2) is 16.9 Å². The molecule has 0 saturated heterocycles. The van der Waals surface area contributed by atoms with Crippen molar-refractivity contribution in [2.75, 3.05) is 14.2 Å². The predicted molar refractivity (Wildman–Crippen MR) is 82.7 cm³/mol. The lowest BCUT2D eigenvalue weighted by Gasteiger charge is -2.15. The SMILES string of the molecule is COc1cc(OC)c(Cl)c(-n2nc(Cl)cc(C)c2=O)c1Cl. The third-order valence-corrected chi connectivity index (χ3v) is 3.74. The van der Waals surface area contributed by atoms with Crippen LogP contribution in [-0.2, 0) is 0 Å². The van der Waals surface area contributed by atoms with Crippen LogP contribution in [0.2, 0.25) is 15.2 Å². The third-order valence-electron chi connectivity index (χ3n) is 2.82. The fraction of sp³-hybridized carbons (Fsp3) is 0.231. The van der Waals surface area contributed by atoms with E-state index in [4.69, 9.17) is 44.3 Å². The molecule has 1 aromatic heterocycles. The highest BCUT2D eigenvalue weighted by Crippen LogP contribution is 2.41. The van der Waals surface area contributed by atoms with E-state index in [0.29, 0.717) is 17.1 Å². The van der Waals surface area contributed by atoms with Gasteiger partial charge in [0.25, 0.3) is 5.56 Å². The summed E-state index contributed by atoms with van der Waals surface area (Å²) >= 11 is 18.4. The standard InChI is InChI=1S/C13H11Cl3N2O3/c1-6-4-9(14)17-18(13(6)19)12-10(15)7(20-2)5-8(21-3)11(12)16/h4-5H,1-3H3. The van der Waals surface area contributed by atoms with Gasteiger partial charge in [0, 0.05) is 11.6 Å². The van der Waals surface area contributed by atoms with Gasteiger partial charge in [-0.15, -0.1) is 0 Å². The fourth-order valence-corrected chi connectivity index (χ4v) is 2.69. The van der Waals surface area contributed by atoms with E-state index in [1.165, 1.54) is 26.4 Å². The Balaban J connectivity index is 2.89. The highest BCUT2D eigenvalue weighted by molar-refractivity contribution is 6.39. The summed E-state index contributed by atoms with van der Waals surface area (Å²) < 4.78 is 11.4. The smallest absolute Gasteiger partial charge is 0.274 e. The number of aromatic nitrogens is 2. The molecule has 1 aromatic carbocycles. The number of aryl methyl sites for hydroxylation is 1. The maximum Gasteiger partial charge on any atom is 0.274 e. The second-order valence-electron chi connectivity index (χ2n) is 4.12. The second-order valence-corrected chi connectivity index (χ2v) is 5.27. The average molecular weight is 350 g/mol. The molecule has 8 heteroatoms. The molecule has 0 aliphatic carbocycles. The first-order valence-corrected chi connectivity index (χ1v) is 6.91. The van der Waals surface area contributed by atoms with Crippen molar-refractivity contribution in [3.05, 3.63) is 43.2 Å². The van der Waals surface area contributed by atoms with E-state index in [-0.39, 0.29) is 20.9 Å². The molecule has 0 aliphatic heterocycles. The van der Waals surface area contributed by atoms with Gasteiger partial charge in [-0.2, -0.15) is 9.78 Å². The van der Waals surface area contributed by atoms with Crippen molar-refractivity contribution in [3.63, 3.8) is 0 Å². The van der Waals surface area contributed by atoms with Crippen LogP contribution in [0.4, 0.5) is 0 Å². The zero-order valence-electron chi connectivity index (χ0n) is 11.4. The number of nitrogens with zero attached hydrogens (tertiary/aromatic N) is 2. The summed E-state index contributed by atoms with van der Waals surface area (Å²) in [5.41, 5.74) is 0.174. The molecule has 0 spiro atoms. The van der Waals surface area contributed by atoms with Crippen molar-refractivity contribution < 1.29 is 9.47 Å². The van der Waals surface area contributed by atoms with Crippen LogP contribution in [0, 0.1) is 6.92 Å². The van der Waals surface area contributed by atoms with Crippen molar-refractivity contribution >= 4 is 34.8 Å². The van der Waals surface area contributed by atoms with Crippen molar-refractivity contribution in [3.8, 4) is 17.2 Å². The van der Waals surface area contributed by atoms with Crippen LogP contribution in [0.25, 0.3) is 5.69 Å². The molecule has 0 atom stereocenters. The van der Waals surface area contributed by atoms with Crippen molar-refractivity contribution in [1.29, 1.82) is 0 Å². The van der Waals surface area contributed by atoms with E-state index in [0.717, 1.165) is 4.68 Å². The van der Waals surface area contributed by atoms with E-state index < -0.39 is 5.56 Å². The largest absolute Gasteiger partial charge is 0.495 e. The van der Waals surface area contributed by atoms with E-state index in [9.17, 15) is 4.79 Å². The number of rotatable bonds is 3. The normalized spacial score (nSPS) is 10.6. The molecule has 0 amide bonds. The van der Waals surface area contributed by atoms with E-state index in [1.54, 1.807) is 6.92 Å². The van der Waals surface area contributed by atoms with Gasteiger partial charge in [-0.25, -0.2) is 0 Å². The van der Waals surface area contributed by atoms with Crippen LogP contribution >= 0.6 is 34.8 Å². The molecular weight excluding hydrogens is 339 g/mol. The lowest BCUT2D eigenvalue weighted by atomic mass is 10.2. The van der Waals surface area contributed by atoms with Gasteiger partial charge in [-0.3, -0.25) is 4.79 Å². The Morgan fingerprint density at radius 3 is 2.05 bits per heavy atom. The van der Waals surface area contributed by atoms with Crippen molar-refractivity contribution in [1.82, 2.24) is 9.78 Å². The van der Waals surface area contributed by atoms with Gasteiger partial charge in [0.1, 0.15) is 27.2 Å². The summed E-state index contributed by atoms with van der Waals surface area (Å²) in [5.74, 6) is 0.610. The van der Waals surface area contributed by atoms with Gasteiger partial charge < -0.3 is 9.47 Å². The molecule has 0 fully saturated rings. The summed E-state index contributed by atoms with van der Waals surface area (Å²) in [6, 6.07) is 2.98. The zero-order chi connectivity index (χ0) is 15.7. The molecule has 0 bridgehead atoms. The topological polar surface area (TPSA) is 53.4 Å². The molecule has 0 N–H and O–H groups in total. The van der Waals surface area contributed by atoms with Crippen LogP contribution in [0.1, 0.15) is 5.56 Å². The highest BCUT2D eigenvalue weighted by Gasteiger charge is 2.21. The fourth-order valence-electron chi connectivity index (χ4n) is 1.79. The van der Waals surface area contributed by atoms with E-state index in [1.807, 2.05) is 0 Å². The Morgan fingerprint density at radius 2 is 1.57 bits per heavy atom. The summed E-state index contributed by atoms with van der Waals surface area (Å²) in [5, 5.41) is 4.38. The van der Waals surface area contributed by atoms with Gasteiger partial charge in [0.15, 0.2) is 5.15 Å². The van der Waals surface area contributed by atoms with Gasteiger partial charge in [-0.05, 0) is 13.0 Å². The first-order valence-electron chi connectivity index (χ1n) is 5.77. The molecule has 1 heterocycles. The monoisotopic (exact) mass is 348 g/mol. The maximum absolute atomic E-state index is 12.3. The maximum atomic E-state index is 12.3. The lowest BCUT2D eigenvalue weighted by Crippen LogP contribution is -2.24. The molecule has 0 aliphatic rings. The van der Waals surface area contributed by atoms with E-state index in [2.05, 4.69) is 5.10 Å². The molecule has 2 rings (SSSR count). The summed E-state index contributed by atoms with van der Waals surface area (Å²) in [6.45, 7) is 1.62. The van der Waals surface area contributed by atoms with Crippen LogP contribution in [-0.4, -0.2) is 24.0 Å². The Bertz CT molecular complexity index is 731. The van der Waals surface area contributed by atoms with Gasteiger partial charge >= 0.3 is 0 Å². The second kappa shape index (κ2) is 6.13. The highest BCUT2D eigenvalue weighted by atomic mass is 35.5. The Hall–Kier alpha value is -1.43. The minimum Gasteiger partial charge on any atom is -0.495 e. The minimum atomic E-state index is -0.390. The molecular formula is C13H11Cl3N2O3. The van der Waals surface area contributed by atoms with Gasteiger partial charge in [-0.1, -0.05) is 34.8 Å². The predicted octanol–water partition coefficient (Wildman–Crippen LogP) is 3.52. The molecule has 0 radical (unpaired) electrons. The van der Waals surface area contributed by atoms with Crippen molar-refractivity contribution in [2.45, 2.75) is 6.92 Å². The molecule has 2 aromatic rings. The first kappa shape index (κ1) is 15.9. The Morgan fingerprint density at radius 1 is 1.05 bits per heavy atom. The summed E-state index contributed by atoms with van der Waals surface area (Å²) in [6.07, 6.45) is 0. The van der Waals surface area contributed by atoms with Gasteiger partial charge in [0.05, 0.1) is 14.2 Å². The van der Waals surface area contributed by atoms with Gasteiger partial charge in [0.2, 0.25) is 0 Å². The first-order chi connectivity index (χ1) is 9.90.